The van der Waals surface area contributed by atoms with Crippen molar-refractivity contribution in [2.75, 3.05) is 6.54 Å². The highest BCUT2D eigenvalue weighted by molar-refractivity contribution is 7.12. The molecule has 3 N–H and O–H groups in total. The summed E-state index contributed by atoms with van der Waals surface area (Å²) in [5.74, 6) is 0. The summed E-state index contributed by atoms with van der Waals surface area (Å²) in [5.41, 5.74) is 7.07. The molecule has 0 bridgehead atoms. The van der Waals surface area contributed by atoms with Crippen molar-refractivity contribution in [2.45, 2.75) is 58.5 Å². The van der Waals surface area contributed by atoms with Crippen molar-refractivity contribution in [2.24, 2.45) is 11.1 Å². The molecule has 0 aliphatic heterocycles. The average molecular weight is 267 g/mol. The SMILES string of the molecule is Cc1cc(C(O)C2(CN)CCCCCC2)c(C)s1. The predicted octanol–water partition coefficient (Wildman–Crippen LogP) is 3.70. The van der Waals surface area contributed by atoms with Crippen molar-refractivity contribution in [3.63, 3.8) is 0 Å². The Hall–Kier alpha value is -0.380. The first kappa shape index (κ1) is 14.0. The number of hydrogen-bond donors (Lipinski definition) is 2. The number of hydrogen-bond acceptors (Lipinski definition) is 3. The minimum absolute atomic E-state index is 0.0885. The predicted molar refractivity (Wildman–Crippen MR) is 77.9 cm³/mol. The summed E-state index contributed by atoms with van der Waals surface area (Å²) < 4.78 is 0. The Kier molecular flexibility index (Phi) is 4.46. The summed E-state index contributed by atoms with van der Waals surface area (Å²) in [6, 6.07) is 2.15. The molecule has 0 amide bonds. The molecule has 102 valence electrons. The first-order valence-electron chi connectivity index (χ1n) is 7.04. The van der Waals surface area contributed by atoms with Gasteiger partial charge in [0.05, 0.1) is 6.10 Å². The summed E-state index contributed by atoms with van der Waals surface area (Å²) in [5, 5.41) is 10.8. The molecule has 1 aliphatic rings. The second-order valence-electron chi connectivity index (χ2n) is 5.75. The van der Waals surface area contributed by atoms with Crippen LogP contribution < -0.4 is 5.73 Å². The van der Waals surface area contributed by atoms with E-state index in [2.05, 4.69) is 19.9 Å². The normalized spacial score (nSPS) is 21.6. The average Bonchev–Trinajstić information content (AvgIpc) is 2.57. The van der Waals surface area contributed by atoms with Gasteiger partial charge >= 0.3 is 0 Å². The quantitative estimate of drug-likeness (QED) is 0.820. The Morgan fingerprint density at radius 3 is 2.33 bits per heavy atom. The van der Waals surface area contributed by atoms with Crippen LogP contribution in [0.2, 0.25) is 0 Å². The zero-order valence-corrected chi connectivity index (χ0v) is 12.4. The van der Waals surface area contributed by atoms with Crippen molar-refractivity contribution in [1.82, 2.24) is 0 Å². The molecule has 1 aromatic rings. The van der Waals surface area contributed by atoms with Gasteiger partial charge in [0.25, 0.3) is 0 Å². The molecule has 1 unspecified atom stereocenters. The summed E-state index contributed by atoms with van der Waals surface area (Å²) in [6.45, 7) is 4.82. The van der Waals surface area contributed by atoms with Gasteiger partial charge in [-0.05, 0) is 38.3 Å². The fraction of sp³-hybridized carbons (Fsp3) is 0.733. The van der Waals surface area contributed by atoms with Crippen LogP contribution >= 0.6 is 11.3 Å². The molecule has 1 saturated carbocycles. The monoisotopic (exact) mass is 267 g/mol. The first-order chi connectivity index (χ1) is 8.59. The fourth-order valence-corrected chi connectivity index (χ4v) is 4.23. The van der Waals surface area contributed by atoms with E-state index in [0.29, 0.717) is 6.54 Å². The third kappa shape index (κ3) is 2.63. The first-order valence-corrected chi connectivity index (χ1v) is 7.86. The maximum absolute atomic E-state index is 10.8. The maximum atomic E-state index is 10.8. The van der Waals surface area contributed by atoms with Gasteiger partial charge in [-0.2, -0.15) is 0 Å². The molecule has 1 aliphatic carbocycles. The lowest BCUT2D eigenvalue weighted by Gasteiger charge is -2.36. The molecule has 2 nitrogen and oxygen atoms in total. The summed E-state index contributed by atoms with van der Waals surface area (Å²) >= 11 is 1.78. The highest BCUT2D eigenvalue weighted by atomic mass is 32.1. The largest absolute Gasteiger partial charge is 0.388 e. The Morgan fingerprint density at radius 1 is 1.28 bits per heavy atom. The second-order valence-corrected chi connectivity index (χ2v) is 7.21. The van der Waals surface area contributed by atoms with E-state index in [1.807, 2.05) is 0 Å². The topological polar surface area (TPSA) is 46.2 Å². The van der Waals surface area contributed by atoms with Gasteiger partial charge in [-0.25, -0.2) is 0 Å². The Bertz CT molecular complexity index is 391. The van der Waals surface area contributed by atoms with Gasteiger partial charge in [-0.1, -0.05) is 25.7 Å². The van der Waals surface area contributed by atoms with Gasteiger partial charge < -0.3 is 10.8 Å². The maximum Gasteiger partial charge on any atom is 0.0868 e. The smallest absolute Gasteiger partial charge is 0.0868 e. The van der Waals surface area contributed by atoms with Crippen molar-refractivity contribution < 1.29 is 5.11 Å². The van der Waals surface area contributed by atoms with Crippen LogP contribution in [-0.2, 0) is 0 Å². The number of aryl methyl sites for hydroxylation is 2. The van der Waals surface area contributed by atoms with Gasteiger partial charge in [-0.3, -0.25) is 0 Å². The van der Waals surface area contributed by atoms with E-state index in [-0.39, 0.29) is 11.5 Å². The molecule has 0 radical (unpaired) electrons. The van der Waals surface area contributed by atoms with Crippen LogP contribution in [0.5, 0.6) is 0 Å². The van der Waals surface area contributed by atoms with Crippen molar-refractivity contribution in [3.8, 4) is 0 Å². The molecule has 18 heavy (non-hydrogen) atoms. The Labute approximate surface area is 114 Å². The molecular formula is C15H25NOS. The molecule has 1 aromatic heterocycles. The van der Waals surface area contributed by atoms with E-state index in [0.717, 1.165) is 18.4 Å². The van der Waals surface area contributed by atoms with E-state index in [9.17, 15) is 5.11 Å². The summed E-state index contributed by atoms with van der Waals surface area (Å²) in [7, 11) is 0. The zero-order chi connectivity index (χ0) is 13.2. The zero-order valence-electron chi connectivity index (χ0n) is 11.5. The van der Waals surface area contributed by atoms with Gasteiger partial charge in [0.1, 0.15) is 0 Å². The molecule has 0 aromatic carbocycles. The van der Waals surface area contributed by atoms with E-state index >= 15 is 0 Å². The number of rotatable bonds is 3. The van der Waals surface area contributed by atoms with Gasteiger partial charge in [-0.15, -0.1) is 11.3 Å². The lowest BCUT2D eigenvalue weighted by atomic mass is 9.73. The Morgan fingerprint density at radius 2 is 1.89 bits per heavy atom. The third-order valence-corrected chi connectivity index (χ3v) is 5.44. The van der Waals surface area contributed by atoms with Gasteiger partial charge in [0.15, 0.2) is 0 Å². The Balaban J connectivity index is 2.28. The van der Waals surface area contributed by atoms with Crippen molar-refractivity contribution in [1.29, 1.82) is 0 Å². The molecular weight excluding hydrogens is 242 g/mol. The molecule has 1 atom stereocenters. The van der Waals surface area contributed by atoms with Crippen molar-refractivity contribution >= 4 is 11.3 Å². The highest BCUT2D eigenvalue weighted by Gasteiger charge is 2.38. The molecule has 0 spiro atoms. The van der Waals surface area contributed by atoms with Crippen LogP contribution in [0.4, 0.5) is 0 Å². The van der Waals surface area contributed by atoms with Gasteiger partial charge in [0, 0.05) is 21.7 Å². The molecule has 3 heteroatoms. The lowest BCUT2D eigenvalue weighted by molar-refractivity contribution is 0.0165. The van der Waals surface area contributed by atoms with Crippen LogP contribution in [0.3, 0.4) is 0 Å². The van der Waals surface area contributed by atoms with E-state index < -0.39 is 0 Å². The number of aliphatic hydroxyl groups excluding tert-OH is 1. The number of nitrogens with two attached hydrogens (primary N) is 1. The molecule has 2 rings (SSSR count). The van der Waals surface area contributed by atoms with Gasteiger partial charge in [0.2, 0.25) is 0 Å². The molecule has 0 saturated heterocycles. The lowest BCUT2D eigenvalue weighted by Crippen LogP contribution is -2.36. The van der Waals surface area contributed by atoms with E-state index in [4.69, 9.17) is 5.73 Å². The minimum Gasteiger partial charge on any atom is -0.388 e. The number of aliphatic hydroxyl groups is 1. The standard InChI is InChI=1S/C15H25NOS/c1-11-9-13(12(2)18-11)14(17)15(10-16)7-5-3-4-6-8-15/h9,14,17H,3-8,10,16H2,1-2H3. The highest BCUT2D eigenvalue weighted by Crippen LogP contribution is 2.46. The van der Waals surface area contributed by atoms with E-state index in [1.54, 1.807) is 11.3 Å². The van der Waals surface area contributed by atoms with E-state index in [1.165, 1.54) is 35.4 Å². The van der Waals surface area contributed by atoms with Crippen LogP contribution in [0.25, 0.3) is 0 Å². The summed E-state index contributed by atoms with van der Waals surface area (Å²) in [6.07, 6.45) is 6.74. The molecule has 1 fully saturated rings. The van der Waals surface area contributed by atoms with Crippen LogP contribution in [0.15, 0.2) is 6.07 Å². The van der Waals surface area contributed by atoms with Crippen LogP contribution in [-0.4, -0.2) is 11.7 Å². The van der Waals surface area contributed by atoms with Crippen molar-refractivity contribution in [3.05, 3.63) is 21.4 Å². The van der Waals surface area contributed by atoms with Crippen LogP contribution in [0, 0.1) is 19.3 Å². The summed E-state index contributed by atoms with van der Waals surface area (Å²) in [4.78, 5) is 2.53. The second kappa shape index (κ2) is 5.72. The third-order valence-electron chi connectivity index (χ3n) is 4.46. The molecule has 1 heterocycles. The number of thiophene rings is 1. The fourth-order valence-electron chi connectivity index (χ4n) is 3.27. The minimum atomic E-state index is -0.384. The van der Waals surface area contributed by atoms with Crippen LogP contribution in [0.1, 0.15) is 59.9 Å².